The number of rotatable bonds is 7. The molecule has 0 aliphatic carbocycles. The summed E-state index contributed by atoms with van der Waals surface area (Å²) in [6, 6.07) is 14.9. The lowest BCUT2D eigenvalue weighted by molar-refractivity contribution is -0.133. The zero-order valence-electron chi connectivity index (χ0n) is 17.7. The Bertz CT molecular complexity index is 813. The van der Waals surface area contributed by atoms with Gasteiger partial charge in [0, 0.05) is 38.9 Å². The van der Waals surface area contributed by atoms with Crippen LogP contribution in [0.1, 0.15) is 35.3 Å². The summed E-state index contributed by atoms with van der Waals surface area (Å²) in [6.07, 6.45) is 0. The van der Waals surface area contributed by atoms with E-state index in [1.807, 2.05) is 82.2 Å². The molecule has 0 bridgehead atoms. The number of benzene rings is 2. The summed E-state index contributed by atoms with van der Waals surface area (Å²) in [5, 5.41) is 2.93. The number of likely N-dealkylation sites (N-methyl/N-ethyl adjacent to an activating group) is 1. The molecule has 1 atom stereocenters. The lowest BCUT2D eigenvalue weighted by Crippen LogP contribution is -2.50. The third-order valence-electron chi connectivity index (χ3n) is 4.86. The molecule has 2 aromatic carbocycles. The molecule has 0 spiro atoms. The van der Waals surface area contributed by atoms with Crippen molar-refractivity contribution in [3.8, 4) is 0 Å². The molecule has 1 N–H and O–H groups in total. The molecule has 150 valence electrons. The van der Waals surface area contributed by atoms with Crippen LogP contribution in [0.4, 0.5) is 5.69 Å². The standard InChI is InChI=1S/C23H31N3O2/c1-16(2)21(24-22(27)20-10-8-7-9-17(20)3)23(28)26(6)15-18-11-13-19(14-12-18)25(4)5/h7-14,16,21H,15H2,1-6H3,(H,24,27)/t21-/m0/s1. The topological polar surface area (TPSA) is 52.7 Å². The molecular formula is C23H31N3O2. The predicted molar refractivity (Wildman–Crippen MR) is 115 cm³/mol. The van der Waals surface area contributed by atoms with Crippen LogP contribution in [-0.2, 0) is 11.3 Å². The monoisotopic (exact) mass is 381 g/mol. The van der Waals surface area contributed by atoms with Crippen LogP contribution >= 0.6 is 0 Å². The van der Waals surface area contributed by atoms with Crippen molar-refractivity contribution in [1.29, 1.82) is 0 Å². The van der Waals surface area contributed by atoms with Crippen LogP contribution in [0.25, 0.3) is 0 Å². The van der Waals surface area contributed by atoms with Gasteiger partial charge in [-0.3, -0.25) is 9.59 Å². The minimum Gasteiger partial charge on any atom is -0.378 e. The fourth-order valence-electron chi connectivity index (χ4n) is 3.05. The number of amides is 2. The number of hydrogen-bond donors (Lipinski definition) is 1. The highest BCUT2D eigenvalue weighted by Gasteiger charge is 2.27. The summed E-state index contributed by atoms with van der Waals surface area (Å²) in [7, 11) is 5.77. The van der Waals surface area contributed by atoms with Crippen molar-refractivity contribution in [2.24, 2.45) is 5.92 Å². The second-order valence-corrected chi connectivity index (χ2v) is 7.77. The van der Waals surface area contributed by atoms with E-state index >= 15 is 0 Å². The molecule has 0 saturated heterocycles. The van der Waals surface area contributed by atoms with Crippen molar-refractivity contribution in [3.05, 3.63) is 65.2 Å². The quantitative estimate of drug-likeness (QED) is 0.799. The molecular weight excluding hydrogens is 350 g/mol. The smallest absolute Gasteiger partial charge is 0.252 e. The van der Waals surface area contributed by atoms with Crippen molar-refractivity contribution in [3.63, 3.8) is 0 Å². The highest BCUT2D eigenvalue weighted by atomic mass is 16.2. The van der Waals surface area contributed by atoms with Crippen LogP contribution in [0.15, 0.2) is 48.5 Å². The van der Waals surface area contributed by atoms with Gasteiger partial charge in [-0.1, -0.05) is 44.2 Å². The first-order valence-corrected chi connectivity index (χ1v) is 9.58. The zero-order chi connectivity index (χ0) is 20.8. The van der Waals surface area contributed by atoms with E-state index in [1.54, 1.807) is 18.0 Å². The van der Waals surface area contributed by atoms with Gasteiger partial charge < -0.3 is 15.1 Å². The fraction of sp³-hybridized carbons (Fsp3) is 0.391. The van der Waals surface area contributed by atoms with E-state index in [1.165, 1.54) is 0 Å². The largest absolute Gasteiger partial charge is 0.378 e. The van der Waals surface area contributed by atoms with Crippen LogP contribution in [-0.4, -0.2) is 43.9 Å². The van der Waals surface area contributed by atoms with E-state index in [0.29, 0.717) is 12.1 Å². The number of carbonyl (C=O) groups excluding carboxylic acids is 2. The summed E-state index contributed by atoms with van der Waals surface area (Å²) in [5.41, 5.74) is 3.66. The third-order valence-corrected chi connectivity index (χ3v) is 4.86. The van der Waals surface area contributed by atoms with E-state index in [2.05, 4.69) is 5.32 Å². The van der Waals surface area contributed by atoms with Gasteiger partial charge in [0.25, 0.3) is 5.91 Å². The molecule has 2 rings (SSSR count). The lowest BCUT2D eigenvalue weighted by atomic mass is 10.0. The average molecular weight is 382 g/mol. The molecule has 0 unspecified atom stereocenters. The van der Waals surface area contributed by atoms with Gasteiger partial charge in [0.1, 0.15) is 6.04 Å². The zero-order valence-corrected chi connectivity index (χ0v) is 17.7. The fourth-order valence-corrected chi connectivity index (χ4v) is 3.05. The first-order valence-electron chi connectivity index (χ1n) is 9.58. The molecule has 0 heterocycles. The van der Waals surface area contributed by atoms with Crippen LogP contribution in [0.5, 0.6) is 0 Å². The molecule has 5 nitrogen and oxygen atoms in total. The van der Waals surface area contributed by atoms with Gasteiger partial charge in [0.15, 0.2) is 0 Å². The Kier molecular flexibility index (Phi) is 7.21. The Morgan fingerprint density at radius 3 is 2.11 bits per heavy atom. The maximum Gasteiger partial charge on any atom is 0.252 e. The molecule has 0 aliphatic rings. The van der Waals surface area contributed by atoms with Crippen LogP contribution in [0.2, 0.25) is 0 Å². The van der Waals surface area contributed by atoms with Gasteiger partial charge >= 0.3 is 0 Å². The Labute approximate surface area is 168 Å². The summed E-state index contributed by atoms with van der Waals surface area (Å²) in [6.45, 7) is 6.28. The second kappa shape index (κ2) is 9.40. The Morgan fingerprint density at radius 1 is 0.964 bits per heavy atom. The van der Waals surface area contributed by atoms with Crippen molar-refractivity contribution >= 4 is 17.5 Å². The van der Waals surface area contributed by atoms with Crippen LogP contribution in [0.3, 0.4) is 0 Å². The van der Waals surface area contributed by atoms with Crippen molar-refractivity contribution < 1.29 is 9.59 Å². The molecule has 0 aromatic heterocycles. The second-order valence-electron chi connectivity index (χ2n) is 7.77. The third kappa shape index (κ3) is 5.35. The highest BCUT2D eigenvalue weighted by molar-refractivity contribution is 5.98. The van der Waals surface area contributed by atoms with Crippen molar-refractivity contribution in [2.75, 3.05) is 26.0 Å². The van der Waals surface area contributed by atoms with Crippen LogP contribution in [0, 0.1) is 12.8 Å². The van der Waals surface area contributed by atoms with Gasteiger partial charge in [-0.05, 0) is 42.2 Å². The molecule has 5 heteroatoms. The number of nitrogens with one attached hydrogen (secondary N) is 1. The van der Waals surface area contributed by atoms with E-state index in [-0.39, 0.29) is 17.7 Å². The molecule has 0 fully saturated rings. The minimum atomic E-state index is -0.571. The van der Waals surface area contributed by atoms with Gasteiger partial charge in [-0.15, -0.1) is 0 Å². The number of anilines is 1. The van der Waals surface area contributed by atoms with Gasteiger partial charge in [-0.2, -0.15) is 0 Å². The number of aryl methyl sites for hydroxylation is 1. The van der Waals surface area contributed by atoms with Gasteiger partial charge in [-0.25, -0.2) is 0 Å². The molecule has 0 aliphatic heterocycles. The Morgan fingerprint density at radius 2 is 1.57 bits per heavy atom. The molecule has 0 saturated carbocycles. The summed E-state index contributed by atoms with van der Waals surface area (Å²) in [4.78, 5) is 29.4. The van der Waals surface area contributed by atoms with Crippen molar-refractivity contribution in [2.45, 2.75) is 33.4 Å². The Hall–Kier alpha value is -2.82. The van der Waals surface area contributed by atoms with Crippen molar-refractivity contribution in [1.82, 2.24) is 10.2 Å². The number of carbonyl (C=O) groups is 2. The van der Waals surface area contributed by atoms with E-state index < -0.39 is 6.04 Å². The average Bonchev–Trinajstić information content (AvgIpc) is 2.65. The lowest BCUT2D eigenvalue weighted by Gasteiger charge is -2.27. The first-order chi connectivity index (χ1) is 13.2. The first kappa shape index (κ1) is 21.5. The summed E-state index contributed by atoms with van der Waals surface area (Å²) >= 11 is 0. The van der Waals surface area contributed by atoms with Gasteiger partial charge in [0.2, 0.25) is 5.91 Å². The predicted octanol–water partition coefficient (Wildman–Crippen LogP) is 3.47. The maximum atomic E-state index is 13.0. The Balaban J connectivity index is 2.09. The van der Waals surface area contributed by atoms with Crippen LogP contribution < -0.4 is 10.2 Å². The van der Waals surface area contributed by atoms with Gasteiger partial charge in [0.05, 0.1) is 0 Å². The SMILES string of the molecule is Cc1ccccc1C(=O)N[C@H](C(=O)N(C)Cc1ccc(N(C)C)cc1)C(C)C. The maximum absolute atomic E-state index is 13.0. The molecule has 2 aromatic rings. The molecule has 28 heavy (non-hydrogen) atoms. The van der Waals surface area contributed by atoms with E-state index in [9.17, 15) is 9.59 Å². The summed E-state index contributed by atoms with van der Waals surface area (Å²) < 4.78 is 0. The van der Waals surface area contributed by atoms with E-state index in [0.717, 1.165) is 16.8 Å². The minimum absolute atomic E-state index is 0.0148. The number of nitrogens with zero attached hydrogens (tertiary/aromatic N) is 2. The normalized spacial score (nSPS) is 11.8. The molecule has 2 amide bonds. The number of hydrogen-bond acceptors (Lipinski definition) is 3. The summed E-state index contributed by atoms with van der Waals surface area (Å²) in [5.74, 6) is -0.318. The molecule has 0 radical (unpaired) electrons. The highest BCUT2D eigenvalue weighted by Crippen LogP contribution is 2.15. The van der Waals surface area contributed by atoms with E-state index in [4.69, 9.17) is 0 Å².